The average Bonchev–Trinajstić information content (AvgIpc) is 2.83. The average molecular weight is 343 g/mol. The monoisotopic (exact) mass is 343 g/mol. The number of hydrogen-bond acceptors (Lipinski definition) is 3. The molecule has 0 unspecified atom stereocenters. The van der Waals surface area contributed by atoms with E-state index in [2.05, 4.69) is 5.32 Å². The Morgan fingerprint density at radius 2 is 1.72 bits per heavy atom. The Morgan fingerprint density at radius 3 is 2.40 bits per heavy atom. The standard InChI is InChI=1S/C19H25N3O3/c23-17(21-12-6-1-2-7-13-21)11-10-16-18(24)22(19(25)20-16)14-15-8-4-3-5-9-15/h3-5,8-9,16H,1-2,6-7,10-14H2,(H,20,25)/t16-/m0/s1. The summed E-state index contributed by atoms with van der Waals surface area (Å²) >= 11 is 0. The molecule has 0 aromatic heterocycles. The Kier molecular flexibility index (Phi) is 5.68. The van der Waals surface area contributed by atoms with Gasteiger partial charge in [0.05, 0.1) is 6.54 Å². The minimum absolute atomic E-state index is 0.0884. The van der Waals surface area contributed by atoms with E-state index in [0.717, 1.165) is 31.5 Å². The van der Waals surface area contributed by atoms with Gasteiger partial charge in [0.25, 0.3) is 5.91 Å². The van der Waals surface area contributed by atoms with E-state index in [9.17, 15) is 14.4 Å². The highest BCUT2D eigenvalue weighted by molar-refractivity contribution is 6.04. The van der Waals surface area contributed by atoms with Crippen LogP contribution in [-0.4, -0.2) is 46.8 Å². The van der Waals surface area contributed by atoms with Crippen molar-refractivity contribution in [3.63, 3.8) is 0 Å². The summed E-state index contributed by atoms with van der Waals surface area (Å²) in [4.78, 5) is 40.1. The van der Waals surface area contributed by atoms with E-state index in [1.54, 1.807) is 0 Å². The van der Waals surface area contributed by atoms with E-state index in [1.807, 2.05) is 35.2 Å². The summed E-state index contributed by atoms with van der Waals surface area (Å²) in [5, 5.41) is 2.71. The van der Waals surface area contributed by atoms with Crippen LogP contribution in [0.5, 0.6) is 0 Å². The third-order valence-electron chi connectivity index (χ3n) is 4.90. The molecule has 3 rings (SSSR count). The van der Waals surface area contributed by atoms with Crippen molar-refractivity contribution in [3.8, 4) is 0 Å². The van der Waals surface area contributed by atoms with Gasteiger partial charge in [-0.2, -0.15) is 0 Å². The van der Waals surface area contributed by atoms with Crippen LogP contribution in [0.4, 0.5) is 4.79 Å². The topological polar surface area (TPSA) is 69.7 Å². The van der Waals surface area contributed by atoms with E-state index in [-0.39, 0.29) is 24.4 Å². The number of imide groups is 1. The Morgan fingerprint density at radius 1 is 1.04 bits per heavy atom. The van der Waals surface area contributed by atoms with Gasteiger partial charge in [-0.3, -0.25) is 14.5 Å². The van der Waals surface area contributed by atoms with E-state index in [0.29, 0.717) is 12.8 Å². The quantitative estimate of drug-likeness (QED) is 0.834. The van der Waals surface area contributed by atoms with Crippen LogP contribution < -0.4 is 5.32 Å². The lowest BCUT2D eigenvalue weighted by molar-refractivity contribution is -0.131. The molecule has 2 saturated heterocycles. The maximum atomic E-state index is 12.5. The summed E-state index contributed by atoms with van der Waals surface area (Å²) in [7, 11) is 0. The summed E-state index contributed by atoms with van der Waals surface area (Å²) in [6.45, 7) is 1.88. The largest absolute Gasteiger partial charge is 0.343 e. The minimum atomic E-state index is -0.591. The summed E-state index contributed by atoms with van der Waals surface area (Å²) in [6, 6.07) is 8.46. The molecule has 0 bridgehead atoms. The molecule has 1 atom stereocenters. The molecule has 1 aromatic carbocycles. The van der Waals surface area contributed by atoms with Crippen molar-refractivity contribution in [1.82, 2.24) is 15.1 Å². The summed E-state index contributed by atoms with van der Waals surface area (Å²) in [5.41, 5.74) is 0.910. The predicted octanol–water partition coefficient (Wildman–Crippen LogP) is 2.29. The second-order valence-corrected chi connectivity index (χ2v) is 6.75. The molecule has 134 valence electrons. The molecule has 6 heteroatoms. The van der Waals surface area contributed by atoms with Gasteiger partial charge in [0.15, 0.2) is 0 Å². The van der Waals surface area contributed by atoms with Gasteiger partial charge in [-0.25, -0.2) is 4.79 Å². The zero-order valence-corrected chi connectivity index (χ0v) is 14.4. The molecular formula is C19H25N3O3. The van der Waals surface area contributed by atoms with Gasteiger partial charge in [-0.05, 0) is 24.8 Å². The molecule has 0 aliphatic carbocycles. The van der Waals surface area contributed by atoms with Crippen LogP contribution >= 0.6 is 0 Å². The Hall–Kier alpha value is -2.37. The van der Waals surface area contributed by atoms with Crippen LogP contribution in [0, 0.1) is 0 Å². The van der Waals surface area contributed by atoms with Crippen LogP contribution in [0.1, 0.15) is 44.1 Å². The van der Waals surface area contributed by atoms with Crippen molar-refractivity contribution in [3.05, 3.63) is 35.9 Å². The highest BCUT2D eigenvalue weighted by Crippen LogP contribution is 2.17. The lowest BCUT2D eigenvalue weighted by Gasteiger charge is -2.20. The summed E-state index contributed by atoms with van der Waals surface area (Å²) < 4.78 is 0. The van der Waals surface area contributed by atoms with E-state index >= 15 is 0 Å². The molecule has 25 heavy (non-hydrogen) atoms. The highest BCUT2D eigenvalue weighted by atomic mass is 16.2. The van der Waals surface area contributed by atoms with Crippen LogP contribution in [-0.2, 0) is 16.1 Å². The van der Waals surface area contributed by atoms with Gasteiger partial charge >= 0.3 is 6.03 Å². The molecule has 0 radical (unpaired) electrons. The second kappa shape index (κ2) is 8.14. The minimum Gasteiger partial charge on any atom is -0.343 e. The SMILES string of the molecule is O=C(CC[C@@H]1NC(=O)N(Cc2ccccc2)C1=O)N1CCCCCC1. The Bertz CT molecular complexity index is 624. The van der Waals surface area contributed by atoms with Crippen LogP contribution in [0.15, 0.2) is 30.3 Å². The Labute approximate surface area is 148 Å². The molecule has 2 aliphatic heterocycles. The first-order valence-corrected chi connectivity index (χ1v) is 9.09. The fraction of sp³-hybridized carbons (Fsp3) is 0.526. The number of hydrogen-bond donors (Lipinski definition) is 1. The summed E-state index contributed by atoms with van der Waals surface area (Å²) in [5.74, 6) is -0.150. The predicted molar refractivity (Wildman–Crippen MR) is 93.6 cm³/mol. The van der Waals surface area contributed by atoms with Gasteiger partial charge in [-0.1, -0.05) is 43.2 Å². The van der Waals surface area contributed by atoms with Crippen LogP contribution in [0.3, 0.4) is 0 Å². The van der Waals surface area contributed by atoms with Gasteiger partial charge in [0.1, 0.15) is 6.04 Å². The fourth-order valence-corrected chi connectivity index (χ4v) is 3.43. The van der Waals surface area contributed by atoms with Crippen LogP contribution in [0.25, 0.3) is 0 Å². The molecule has 1 N–H and O–H groups in total. The molecular weight excluding hydrogens is 318 g/mol. The maximum Gasteiger partial charge on any atom is 0.325 e. The van der Waals surface area contributed by atoms with E-state index in [1.165, 1.54) is 17.7 Å². The number of carbonyl (C=O) groups excluding carboxylic acids is 3. The molecule has 1 aromatic rings. The van der Waals surface area contributed by atoms with Crippen molar-refractivity contribution >= 4 is 17.8 Å². The first kappa shape index (κ1) is 17.5. The first-order chi connectivity index (χ1) is 12.1. The molecule has 0 saturated carbocycles. The summed E-state index contributed by atoms with van der Waals surface area (Å²) in [6.07, 6.45) is 5.12. The third kappa shape index (κ3) is 4.38. The fourth-order valence-electron chi connectivity index (χ4n) is 3.43. The molecule has 2 fully saturated rings. The maximum absolute atomic E-state index is 12.5. The lowest BCUT2D eigenvalue weighted by Crippen LogP contribution is -2.35. The molecule has 2 aliphatic rings. The first-order valence-electron chi connectivity index (χ1n) is 9.09. The zero-order chi connectivity index (χ0) is 17.6. The number of carbonyl (C=O) groups is 3. The van der Waals surface area contributed by atoms with Crippen molar-refractivity contribution in [2.75, 3.05) is 13.1 Å². The zero-order valence-electron chi connectivity index (χ0n) is 14.4. The number of likely N-dealkylation sites (tertiary alicyclic amines) is 1. The Balaban J connectivity index is 1.52. The smallest absolute Gasteiger partial charge is 0.325 e. The van der Waals surface area contributed by atoms with E-state index < -0.39 is 6.04 Å². The van der Waals surface area contributed by atoms with E-state index in [4.69, 9.17) is 0 Å². The van der Waals surface area contributed by atoms with Crippen molar-refractivity contribution in [2.24, 2.45) is 0 Å². The van der Waals surface area contributed by atoms with Gasteiger partial charge in [-0.15, -0.1) is 0 Å². The van der Waals surface area contributed by atoms with Crippen molar-refractivity contribution < 1.29 is 14.4 Å². The third-order valence-corrected chi connectivity index (χ3v) is 4.90. The number of amides is 4. The van der Waals surface area contributed by atoms with Gasteiger partial charge in [0.2, 0.25) is 5.91 Å². The molecule has 6 nitrogen and oxygen atoms in total. The van der Waals surface area contributed by atoms with Gasteiger partial charge in [0, 0.05) is 19.5 Å². The molecule has 0 spiro atoms. The van der Waals surface area contributed by atoms with Crippen LogP contribution in [0.2, 0.25) is 0 Å². The number of nitrogens with one attached hydrogen (secondary N) is 1. The number of benzene rings is 1. The number of nitrogens with zero attached hydrogens (tertiary/aromatic N) is 2. The van der Waals surface area contributed by atoms with Crippen molar-refractivity contribution in [2.45, 2.75) is 51.1 Å². The lowest BCUT2D eigenvalue weighted by atomic mass is 10.1. The second-order valence-electron chi connectivity index (χ2n) is 6.75. The highest BCUT2D eigenvalue weighted by Gasteiger charge is 2.38. The molecule has 2 heterocycles. The normalized spacial score (nSPS) is 21.2. The van der Waals surface area contributed by atoms with Gasteiger partial charge < -0.3 is 10.2 Å². The van der Waals surface area contributed by atoms with Crippen molar-refractivity contribution in [1.29, 1.82) is 0 Å². The molecule has 4 amide bonds. The number of rotatable bonds is 5. The number of urea groups is 1.